The lowest BCUT2D eigenvalue weighted by Gasteiger charge is -1.83. The van der Waals surface area contributed by atoms with Crippen LogP contribution in [0.2, 0.25) is 0 Å². The Morgan fingerprint density at radius 2 is 2.15 bits per heavy atom. The van der Waals surface area contributed by atoms with Crippen LogP contribution in [0, 0.1) is 0 Å². The third-order valence-corrected chi connectivity index (χ3v) is 2.73. The lowest BCUT2D eigenvalue weighted by Crippen LogP contribution is -2.21. The largest absolute Gasteiger partial charge is 0.447 e. The van der Waals surface area contributed by atoms with Gasteiger partial charge in [-0.15, -0.1) is 5.10 Å². The lowest BCUT2D eigenvalue weighted by atomic mass is 10.5. The SMILES string of the molecule is NC(N)=NN=Cc1cc(Br)c(Br)o1. The highest BCUT2D eigenvalue weighted by molar-refractivity contribution is 9.13. The minimum atomic E-state index is -0.0964. The van der Waals surface area contributed by atoms with E-state index in [4.69, 9.17) is 15.9 Å². The quantitative estimate of drug-likeness (QED) is 0.492. The molecular formula is C6H6Br2N4O. The molecule has 13 heavy (non-hydrogen) atoms. The second kappa shape index (κ2) is 4.43. The highest BCUT2D eigenvalue weighted by Crippen LogP contribution is 2.25. The standard InChI is InChI=1S/C6H6Br2N4O/c7-4-1-3(13-5(4)8)2-11-12-6(9)10/h1-2H,(H4,9,10,12). The molecule has 5 nitrogen and oxygen atoms in total. The molecule has 0 aliphatic heterocycles. The first-order valence-electron chi connectivity index (χ1n) is 3.16. The van der Waals surface area contributed by atoms with Crippen LogP contribution in [-0.2, 0) is 0 Å². The summed E-state index contributed by atoms with van der Waals surface area (Å²) in [6.07, 6.45) is 1.40. The van der Waals surface area contributed by atoms with E-state index in [9.17, 15) is 0 Å². The Balaban J connectivity index is 2.75. The van der Waals surface area contributed by atoms with Crippen molar-refractivity contribution < 1.29 is 4.42 Å². The summed E-state index contributed by atoms with van der Waals surface area (Å²) in [7, 11) is 0. The molecule has 1 rings (SSSR count). The van der Waals surface area contributed by atoms with Crippen LogP contribution >= 0.6 is 31.9 Å². The summed E-state index contributed by atoms with van der Waals surface area (Å²) in [5.74, 6) is 0.449. The number of hydrogen-bond donors (Lipinski definition) is 2. The van der Waals surface area contributed by atoms with Crippen molar-refractivity contribution >= 4 is 44.0 Å². The van der Waals surface area contributed by atoms with Crippen molar-refractivity contribution in [3.05, 3.63) is 21.0 Å². The Bertz CT molecular complexity index is 334. The predicted molar refractivity (Wildman–Crippen MR) is 57.5 cm³/mol. The van der Waals surface area contributed by atoms with Crippen molar-refractivity contribution in [1.29, 1.82) is 0 Å². The van der Waals surface area contributed by atoms with E-state index in [1.807, 2.05) is 0 Å². The molecule has 70 valence electrons. The number of nitrogens with zero attached hydrogens (tertiary/aromatic N) is 2. The van der Waals surface area contributed by atoms with E-state index in [0.717, 1.165) is 4.47 Å². The fraction of sp³-hybridized carbons (Fsp3) is 0. The fourth-order valence-electron chi connectivity index (χ4n) is 0.579. The predicted octanol–water partition coefficient (Wildman–Crippen LogP) is 1.41. The van der Waals surface area contributed by atoms with Crippen molar-refractivity contribution in [3.8, 4) is 0 Å². The molecule has 7 heteroatoms. The molecule has 1 aromatic heterocycles. The van der Waals surface area contributed by atoms with Crippen LogP contribution in [0.4, 0.5) is 0 Å². The fourth-order valence-corrected chi connectivity index (χ4v) is 1.19. The first-order valence-corrected chi connectivity index (χ1v) is 4.75. The highest BCUT2D eigenvalue weighted by atomic mass is 79.9. The maximum atomic E-state index is 5.17. The van der Waals surface area contributed by atoms with Crippen molar-refractivity contribution in [2.45, 2.75) is 0 Å². The summed E-state index contributed by atoms with van der Waals surface area (Å²) in [5, 5.41) is 6.98. The summed E-state index contributed by atoms with van der Waals surface area (Å²) < 4.78 is 6.57. The van der Waals surface area contributed by atoms with Gasteiger partial charge in [-0.2, -0.15) is 5.10 Å². The van der Waals surface area contributed by atoms with Crippen LogP contribution in [0.25, 0.3) is 0 Å². The topological polar surface area (TPSA) is 89.9 Å². The summed E-state index contributed by atoms with van der Waals surface area (Å²) in [4.78, 5) is 0. The third-order valence-electron chi connectivity index (χ3n) is 1.02. The summed E-state index contributed by atoms with van der Waals surface area (Å²) in [6.45, 7) is 0. The summed E-state index contributed by atoms with van der Waals surface area (Å²) in [5.41, 5.74) is 10.1. The van der Waals surface area contributed by atoms with Gasteiger partial charge < -0.3 is 15.9 Å². The molecule has 0 amide bonds. The highest BCUT2D eigenvalue weighted by Gasteiger charge is 2.02. The molecule has 0 spiro atoms. The number of furan rings is 1. The van der Waals surface area contributed by atoms with Gasteiger partial charge in [-0.05, 0) is 31.9 Å². The lowest BCUT2D eigenvalue weighted by molar-refractivity contribution is 0.533. The Labute approximate surface area is 91.1 Å². The molecule has 0 unspecified atom stereocenters. The molecule has 0 aliphatic rings. The van der Waals surface area contributed by atoms with Crippen LogP contribution in [-0.4, -0.2) is 12.2 Å². The average molecular weight is 310 g/mol. The average Bonchev–Trinajstić information content (AvgIpc) is 2.30. The van der Waals surface area contributed by atoms with E-state index >= 15 is 0 Å². The molecule has 0 atom stereocenters. The van der Waals surface area contributed by atoms with Crippen LogP contribution in [0.1, 0.15) is 5.76 Å². The molecule has 1 aromatic rings. The number of halogens is 2. The van der Waals surface area contributed by atoms with E-state index in [0.29, 0.717) is 10.4 Å². The zero-order valence-electron chi connectivity index (χ0n) is 6.37. The maximum absolute atomic E-state index is 5.17. The zero-order valence-corrected chi connectivity index (χ0v) is 9.54. The Hall–Kier alpha value is -0.820. The van der Waals surface area contributed by atoms with E-state index in [1.165, 1.54) is 6.21 Å². The molecule has 0 bridgehead atoms. The minimum absolute atomic E-state index is 0.0964. The van der Waals surface area contributed by atoms with E-state index in [1.54, 1.807) is 6.07 Å². The minimum Gasteiger partial charge on any atom is -0.447 e. The number of rotatable bonds is 2. The van der Waals surface area contributed by atoms with Gasteiger partial charge in [0.05, 0.1) is 10.7 Å². The summed E-state index contributed by atoms with van der Waals surface area (Å²) >= 11 is 6.43. The first-order chi connectivity index (χ1) is 6.09. The van der Waals surface area contributed by atoms with Gasteiger partial charge in [-0.25, -0.2) is 0 Å². The molecular weight excluding hydrogens is 304 g/mol. The molecule has 4 N–H and O–H groups in total. The van der Waals surface area contributed by atoms with Gasteiger partial charge >= 0.3 is 0 Å². The van der Waals surface area contributed by atoms with Crippen molar-refractivity contribution in [1.82, 2.24) is 0 Å². The molecule has 0 radical (unpaired) electrons. The van der Waals surface area contributed by atoms with Crippen LogP contribution in [0.15, 0.2) is 29.8 Å². The molecule has 1 heterocycles. The number of guanidine groups is 1. The molecule has 0 saturated heterocycles. The van der Waals surface area contributed by atoms with Crippen LogP contribution < -0.4 is 11.5 Å². The smallest absolute Gasteiger partial charge is 0.211 e. The third kappa shape index (κ3) is 3.19. The van der Waals surface area contributed by atoms with Gasteiger partial charge in [0.15, 0.2) is 4.67 Å². The van der Waals surface area contributed by atoms with Crippen molar-refractivity contribution in [2.24, 2.45) is 21.7 Å². The van der Waals surface area contributed by atoms with E-state index in [2.05, 4.69) is 42.1 Å². The second-order valence-electron chi connectivity index (χ2n) is 2.04. The number of hydrogen-bond acceptors (Lipinski definition) is 3. The van der Waals surface area contributed by atoms with Gasteiger partial charge in [-0.3, -0.25) is 0 Å². The normalized spacial score (nSPS) is 10.6. The van der Waals surface area contributed by atoms with Crippen LogP contribution in [0.3, 0.4) is 0 Å². The molecule has 0 fully saturated rings. The van der Waals surface area contributed by atoms with Gasteiger partial charge in [-0.1, -0.05) is 0 Å². The molecule has 0 saturated carbocycles. The van der Waals surface area contributed by atoms with Crippen molar-refractivity contribution in [3.63, 3.8) is 0 Å². The van der Waals surface area contributed by atoms with E-state index in [-0.39, 0.29) is 5.96 Å². The second-order valence-corrected chi connectivity index (χ2v) is 3.61. The first kappa shape index (κ1) is 10.3. The number of nitrogens with two attached hydrogens (primary N) is 2. The summed E-state index contributed by atoms with van der Waals surface area (Å²) in [6, 6.07) is 1.73. The van der Waals surface area contributed by atoms with Crippen LogP contribution in [0.5, 0.6) is 0 Å². The van der Waals surface area contributed by atoms with Gasteiger partial charge in [0.1, 0.15) is 5.76 Å². The Morgan fingerprint density at radius 1 is 1.46 bits per heavy atom. The molecule has 0 aliphatic carbocycles. The van der Waals surface area contributed by atoms with Gasteiger partial charge in [0.2, 0.25) is 5.96 Å². The van der Waals surface area contributed by atoms with Gasteiger partial charge in [0.25, 0.3) is 0 Å². The monoisotopic (exact) mass is 308 g/mol. The zero-order chi connectivity index (χ0) is 9.84. The van der Waals surface area contributed by atoms with Gasteiger partial charge in [0, 0.05) is 6.07 Å². The molecule has 0 aromatic carbocycles. The van der Waals surface area contributed by atoms with Crippen molar-refractivity contribution in [2.75, 3.05) is 0 Å². The maximum Gasteiger partial charge on any atom is 0.211 e. The van der Waals surface area contributed by atoms with E-state index < -0.39 is 0 Å². The Morgan fingerprint density at radius 3 is 2.62 bits per heavy atom. The Kier molecular flexibility index (Phi) is 3.49.